The molecule has 390 valence electrons. The molecule has 0 saturated heterocycles. The number of benzene rings is 6. The number of hydrogen-bond donors (Lipinski definition) is 0. The Hall–Kier alpha value is -9.82. The van der Waals surface area contributed by atoms with Crippen LogP contribution in [-0.2, 0) is 19.5 Å². The zero-order valence-electron chi connectivity index (χ0n) is 45.2. The normalized spacial score (nSPS) is 13.0. The maximum atomic E-state index is 9.76. The predicted molar refractivity (Wildman–Crippen MR) is 338 cm³/mol. The second-order valence-corrected chi connectivity index (χ2v) is 19.6. The van der Waals surface area contributed by atoms with Crippen molar-refractivity contribution >= 4 is 80.6 Å². The van der Waals surface area contributed by atoms with Gasteiger partial charge < -0.3 is 20.8 Å². The minimum Gasteiger partial charge on any atom is -0.804 e. The van der Waals surface area contributed by atoms with Gasteiger partial charge in [-0.05, 0) is 144 Å². The van der Waals surface area contributed by atoms with Crippen LogP contribution in [0.25, 0.3) is 102 Å². The summed E-state index contributed by atoms with van der Waals surface area (Å²) >= 11 is 0. The van der Waals surface area contributed by atoms with E-state index in [9.17, 15) is 5.41 Å². The van der Waals surface area contributed by atoms with Crippen LogP contribution in [0.3, 0.4) is 0 Å². The first-order valence-electron chi connectivity index (χ1n) is 26.5. The molecule has 5 heterocycles. The van der Waals surface area contributed by atoms with Crippen molar-refractivity contribution in [1.82, 2.24) is 19.9 Å². The van der Waals surface area contributed by atoms with Gasteiger partial charge in [-0.2, -0.15) is 11.4 Å². The number of para-hydroxylation sites is 2. The van der Waals surface area contributed by atoms with Crippen molar-refractivity contribution in [2.45, 2.75) is 27.7 Å². The Labute approximate surface area is 485 Å². The number of aliphatic imine (C=N–C) groups is 2. The molecule has 9 heteroatoms. The molecule has 13 rings (SSSR count). The van der Waals surface area contributed by atoms with E-state index in [0.29, 0.717) is 5.71 Å². The van der Waals surface area contributed by atoms with Crippen molar-refractivity contribution in [2.75, 3.05) is 0 Å². The van der Waals surface area contributed by atoms with Crippen molar-refractivity contribution < 1.29 is 19.5 Å². The summed E-state index contributed by atoms with van der Waals surface area (Å²) in [5, 5.41) is 18.8. The van der Waals surface area contributed by atoms with Gasteiger partial charge in [-0.1, -0.05) is 205 Å². The first-order valence-corrected chi connectivity index (χ1v) is 26.5. The van der Waals surface area contributed by atoms with Crippen molar-refractivity contribution in [1.29, 1.82) is 0 Å². The van der Waals surface area contributed by atoms with Gasteiger partial charge in [-0.15, -0.1) is 22.1 Å². The number of aryl methyl sites for hydroxylation is 2. The van der Waals surface area contributed by atoms with Crippen LogP contribution in [-0.4, -0.2) is 32.8 Å². The molecular formula is C72H54N8Ru. The van der Waals surface area contributed by atoms with Gasteiger partial charge in [0.05, 0.1) is 45.6 Å². The molecule has 8 bridgehead atoms. The van der Waals surface area contributed by atoms with E-state index < -0.39 is 0 Å². The van der Waals surface area contributed by atoms with Gasteiger partial charge in [0.1, 0.15) is 0 Å². The average Bonchev–Trinajstić information content (AvgIpc) is 4.47. The fourth-order valence-corrected chi connectivity index (χ4v) is 9.98. The van der Waals surface area contributed by atoms with E-state index in [4.69, 9.17) is 30.3 Å². The number of hydrogen-bond acceptors (Lipinski definition) is 4. The topological polar surface area (TPSA) is 123 Å². The second kappa shape index (κ2) is 24.9. The Morgan fingerprint density at radius 3 is 1.02 bits per heavy atom. The van der Waals surface area contributed by atoms with Gasteiger partial charge in [0.25, 0.3) is 0 Å². The van der Waals surface area contributed by atoms with E-state index in [1.165, 1.54) is 11.1 Å². The molecule has 0 fully saturated rings. The zero-order chi connectivity index (χ0) is 55.0. The average molecular weight is 1130 g/mol. The summed E-state index contributed by atoms with van der Waals surface area (Å²) in [6.07, 6.45) is 19.0. The number of nitrogens with zero attached hydrogens (tertiary/aromatic N) is 8. The maximum Gasteiger partial charge on any atom is 4.00 e. The van der Waals surface area contributed by atoms with Crippen molar-refractivity contribution in [3.05, 3.63) is 286 Å². The van der Waals surface area contributed by atoms with Gasteiger partial charge in [-0.25, -0.2) is 20.0 Å². The number of allylic oxidation sites excluding steroid dienone is 8. The monoisotopic (exact) mass is 1130 g/mol. The Kier molecular flexibility index (Phi) is 16.8. The second-order valence-electron chi connectivity index (χ2n) is 19.6. The maximum absolute atomic E-state index is 9.76. The molecule has 0 spiro atoms. The number of fused-ring (bicyclic) bond motifs is 8. The van der Waals surface area contributed by atoms with Crippen LogP contribution in [0.2, 0.25) is 0 Å². The van der Waals surface area contributed by atoms with Crippen LogP contribution in [0.4, 0.5) is 11.4 Å². The number of aromatic nitrogens is 4. The van der Waals surface area contributed by atoms with E-state index in [2.05, 4.69) is 177 Å². The van der Waals surface area contributed by atoms with E-state index in [1.54, 1.807) is 24.3 Å². The number of rotatable bonds is 6. The van der Waals surface area contributed by atoms with E-state index in [1.807, 2.05) is 86.7 Å². The Bertz CT molecular complexity index is 3860. The molecule has 0 unspecified atom stereocenters. The minimum atomic E-state index is 0. The molecule has 4 aliphatic rings. The largest absolute Gasteiger partial charge is 4.00 e. The third kappa shape index (κ3) is 12.4. The molecule has 0 N–H and O–H groups in total. The quantitative estimate of drug-likeness (QED) is 0.121. The molecule has 6 aromatic carbocycles. The SMILES string of the molecule is C1=Cc2nc1c(-c1ccccc1)c1ccc([n-]1)c(-c1ccccc1)c1nc(c(-c3ccccc3)c3ccc([n-]3)c2-c2ccccc2)C=C1.CC1=CC(=Nc2c(C)cccc2C)C=C(C)C1=[N-].[N-]=C1C=CC(=Nc2ccccc2)C=C1.[Ru+4]. The van der Waals surface area contributed by atoms with Crippen molar-refractivity contribution in [3.63, 3.8) is 0 Å². The van der Waals surface area contributed by atoms with Gasteiger partial charge in [-0.3, -0.25) is 0 Å². The summed E-state index contributed by atoms with van der Waals surface area (Å²) in [7, 11) is 0. The molecule has 9 aromatic rings. The Balaban J connectivity index is 0.000000182. The summed E-state index contributed by atoms with van der Waals surface area (Å²) in [4.78, 5) is 30.3. The van der Waals surface area contributed by atoms with Crippen molar-refractivity contribution in [2.24, 2.45) is 9.98 Å². The minimum absolute atomic E-state index is 0. The van der Waals surface area contributed by atoms with Gasteiger partial charge in [0, 0.05) is 0 Å². The van der Waals surface area contributed by atoms with Crippen LogP contribution >= 0.6 is 0 Å². The first-order chi connectivity index (χ1) is 39.1. The molecule has 0 saturated carbocycles. The zero-order valence-corrected chi connectivity index (χ0v) is 46.9. The van der Waals surface area contributed by atoms with Crippen LogP contribution < -0.4 is 9.97 Å². The third-order valence-electron chi connectivity index (χ3n) is 13.9. The Morgan fingerprint density at radius 1 is 0.346 bits per heavy atom. The first kappa shape index (κ1) is 54.5. The fourth-order valence-electron chi connectivity index (χ4n) is 9.98. The molecule has 2 aliphatic carbocycles. The van der Waals surface area contributed by atoms with Crippen molar-refractivity contribution in [3.8, 4) is 44.5 Å². The molecular weight excluding hydrogens is 1080 g/mol. The molecule has 81 heavy (non-hydrogen) atoms. The summed E-state index contributed by atoms with van der Waals surface area (Å²) in [5.74, 6) is 0. The smallest absolute Gasteiger partial charge is 0.804 e. The predicted octanol–water partition coefficient (Wildman–Crippen LogP) is 17.8. The summed E-state index contributed by atoms with van der Waals surface area (Å²) in [5.41, 5.74) is 23.4. The molecule has 0 radical (unpaired) electrons. The Morgan fingerprint density at radius 2 is 0.679 bits per heavy atom. The summed E-state index contributed by atoms with van der Waals surface area (Å²) in [6, 6.07) is 65.9. The molecule has 8 nitrogen and oxygen atoms in total. The van der Waals surface area contributed by atoms with Gasteiger partial charge in [0.15, 0.2) is 0 Å². The summed E-state index contributed by atoms with van der Waals surface area (Å²) < 4.78 is 0. The van der Waals surface area contributed by atoms with Crippen LogP contribution in [0.1, 0.15) is 47.8 Å². The van der Waals surface area contributed by atoms with Crippen LogP contribution in [0.15, 0.2) is 252 Å². The molecule has 0 amide bonds. The van der Waals surface area contributed by atoms with E-state index >= 15 is 0 Å². The summed E-state index contributed by atoms with van der Waals surface area (Å²) in [6.45, 7) is 7.91. The van der Waals surface area contributed by atoms with Gasteiger partial charge >= 0.3 is 19.5 Å². The van der Waals surface area contributed by atoms with Gasteiger partial charge in [0.2, 0.25) is 0 Å². The van der Waals surface area contributed by atoms with E-state index in [-0.39, 0.29) is 25.2 Å². The standard InChI is InChI=1S/C44H28N4.C16H17N2.C12H9N2.Ru/c1-5-13-29(14-6-1)41-33-21-23-35(45-33)42(30-15-7-2-8-16-30)37-25-27-39(47-37)44(32-19-11-4-12-20-32)40-28-26-38(48-40)43(31-17-9-3-10-18-31)36-24-22-34(41)46-36;1-10-6-5-7-11(2)16(10)18-14-8-12(3)15(17)13(4)9-14;13-10-6-8-12(9-7-10)14-11-4-2-1-3-5-11;/h1-28H;5-9H,1-4H3;1-9H;/q-2;2*-1;+4. The fraction of sp³-hybridized carbons (Fsp3) is 0.0556. The van der Waals surface area contributed by atoms with Crippen LogP contribution in [0.5, 0.6) is 0 Å². The third-order valence-corrected chi connectivity index (χ3v) is 13.9. The van der Waals surface area contributed by atoms with E-state index in [0.717, 1.165) is 123 Å². The molecule has 2 aliphatic heterocycles. The molecule has 3 aromatic heterocycles. The molecule has 0 atom stereocenters. The van der Waals surface area contributed by atoms with Crippen LogP contribution in [0, 0.1) is 13.8 Å².